The van der Waals surface area contributed by atoms with E-state index < -0.39 is 0 Å². The molecule has 1 aromatic carbocycles. The SMILES string of the molecule is COc1ccc(C(=O)N2CCCC[C@H]2c2[nH]ncc2-c2onc(C)c2C)c(OC)c1. The molecule has 0 spiro atoms. The highest BCUT2D eigenvalue weighted by Gasteiger charge is 2.34. The van der Waals surface area contributed by atoms with Crippen LogP contribution in [0.5, 0.6) is 11.5 Å². The van der Waals surface area contributed by atoms with Gasteiger partial charge in [-0.25, -0.2) is 0 Å². The maximum Gasteiger partial charge on any atom is 0.258 e. The third-order valence-corrected chi connectivity index (χ3v) is 5.81. The van der Waals surface area contributed by atoms with Gasteiger partial charge in [-0.2, -0.15) is 5.10 Å². The van der Waals surface area contributed by atoms with Crippen LogP contribution in [0.4, 0.5) is 0 Å². The molecule has 1 N–H and O–H groups in total. The molecule has 3 aromatic rings. The lowest BCUT2D eigenvalue weighted by atomic mass is 9.94. The number of rotatable bonds is 5. The number of aromatic amines is 1. The first-order valence-electron chi connectivity index (χ1n) is 10.0. The molecule has 0 radical (unpaired) electrons. The molecule has 4 rings (SSSR count). The highest BCUT2D eigenvalue weighted by molar-refractivity contribution is 5.97. The Hall–Kier alpha value is -3.29. The number of methoxy groups -OCH3 is 2. The number of hydrogen-bond donors (Lipinski definition) is 1. The summed E-state index contributed by atoms with van der Waals surface area (Å²) in [5.74, 6) is 1.75. The number of likely N-dealkylation sites (tertiary alicyclic amines) is 1. The number of amides is 1. The van der Waals surface area contributed by atoms with Crippen molar-refractivity contribution in [3.63, 3.8) is 0 Å². The Bertz CT molecular complexity index is 1060. The summed E-state index contributed by atoms with van der Waals surface area (Å²) in [6.45, 7) is 4.55. The van der Waals surface area contributed by atoms with Crippen molar-refractivity contribution in [2.45, 2.75) is 39.2 Å². The second-order valence-electron chi connectivity index (χ2n) is 7.50. The van der Waals surface area contributed by atoms with Crippen LogP contribution in [-0.4, -0.2) is 46.9 Å². The van der Waals surface area contributed by atoms with Gasteiger partial charge in [-0.15, -0.1) is 0 Å². The lowest BCUT2D eigenvalue weighted by molar-refractivity contribution is 0.0603. The molecule has 1 fully saturated rings. The van der Waals surface area contributed by atoms with Gasteiger partial charge in [0.1, 0.15) is 11.5 Å². The number of hydrogen-bond acceptors (Lipinski definition) is 6. The monoisotopic (exact) mass is 410 g/mol. The van der Waals surface area contributed by atoms with Crippen molar-refractivity contribution in [2.24, 2.45) is 0 Å². The van der Waals surface area contributed by atoms with E-state index in [1.807, 2.05) is 18.7 Å². The molecule has 30 heavy (non-hydrogen) atoms. The van der Waals surface area contributed by atoms with E-state index in [2.05, 4.69) is 15.4 Å². The van der Waals surface area contributed by atoms with E-state index in [0.717, 1.165) is 41.8 Å². The fourth-order valence-electron chi connectivity index (χ4n) is 4.00. The van der Waals surface area contributed by atoms with Crippen LogP contribution in [0.3, 0.4) is 0 Å². The maximum absolute atomic E-state index is 13.5. The average Bonchev–Trinajstić information content (AvgIpc) is 3.39. The number of piperidine rings is 1. The summed E-state index contributed by atoms with van der Waals surface area (Å²) in [4.78, 5) is 15.4. The molecule has 3 heterocycles. The standard InChI is InChI=1S/C22H26N4O4/c1-13-14(2)25-30-21(13)17-12-23-24-20(17)18-7-5-6-10-26(18)22(27)16-9-8-15(28-3)11-19(16)29-4/h8-9,11-12,18H,5-7,10H2,1-4H3,(H,23,24)/t18-/m0/s1. The van der Waals surface area contributed by atoms with E-state index in [1.165, 1.54) is 0 Å². The fraction of sp³-hybridized carbons (Fsp3) is 0.409. The molecule has 8 nitrogen and oxygen atoms in total. The van der Waals surface area contributed by atoms with Gasteiger partial charge in [0.2, 0.25) is 0 Å². The largest absolute Gasteiger partial charge is 0.497 e. The molecule has 0 aliphatic carbocycles. The zero-order valence-electron chi connectivity index (χ0n) is 17.7. The van der Waals surface area contributed by atoms with Crippen molar-refractivity contribution in [3.8, 4) is 22.8 Å². The molecule has 1 saturated heterocycles. The van der Waals surface area contributed by atoms with Gasteiger partial charge in [0.15, 0.2) is 5.76 Å². The molecule has 1 amide bonds. The third-order valence-electron chi connectivity index (χ3n) is 5.81. The molecular weight excluding hydrogens is 384 g/mol. The summed E-state index contributed by atoms with van der Waals surface area (Å²) < 4.78 is 16.3. The molecular formula is C22H26N4O4. The minimum atomic E-state index is -0.139. The Kier molecular flexibility index (Phi) is 5.48. The van der Waals surface area contributed by atoms with E-state index in [9.17, 15) is 4.79 Å². The fourth-order valence-corrected chi connectivity index (χ4v) is 4.00. The molecule has 0 bridgehead atoms. The zero-order valence-corrected chi connectivity index (χ0v) is 17.7. The normalized spacial score (nSPS) is 16.5. The predicted octanol–water partition coefficient (Wildman–Crippen LogP) is 4.07. The van der Waals surface area contributed by atoms with Crippen molar-refractivity contribution in [2.75, 3.05) is 20.8 Å². The van der Waals surface area contributed by atoms with E-state index in [4.69, 9.17) is 14.0 Å². The van der Waals surface area contributed by atoms with Crippen molar-refractivity contribution < 1.29 is 18.8 Å². The molecule has 1 atom stereocenters. The van der Waals surface area contributed by atoms with Crippen LogP contribution in [0.1, 0.15) is 52.6 Å². The van der Waals surface area contributed by atoms with E-state index in [0.29, 0.717) is 29.4 Å². The number of ether oxygens (including phenoxy) is 2. The second-order valence-corrected chi connectivity index (χ2v) is 7.50. The lowest BCUT2D eigenvalue weighted by Crippen LogP contribution is -2.39. The first-order valence-corrected chi connectivity index (χ1v) is 10.0. The third kappa shape index (κ3) is 3.42. The molecule has 1 aliphatic heterocycles. The summed E-state index contributed by atoms with van der Waals surface area (Å²) in [5, 5.41) is 11.4. The van der Waals surface area contributed by atoms with Crippen LogP contribution in [0.15, 0.2) is 28.9 Å². The van der Waals surface area contributed by atoms with Crippen molar-refractivity contribution in [3.05, 3.63) is 46.9 Å². The van der Waals surface area contributed by atoms with Crippen LogP contribution in [0.2, 0.25) is 0 Å². The number of carbonyl (C=O) groups excluding carboxylic acids is 1. The van der Waals surface area contributed by atoms with Gasteiger partial charge >= 0.3 is 0 Å². The van der Waals surface area contributed by atoms with Crippen LogP contribution in [0, 0.1) is 13.8 Å². The minimum Gasteiger partial charge on any atom is -0.497 e. The van der Waals surface area contributed by atoms with Gasteiger partial charge < -0.3 is 18.9 Å². The first kappa shape index (κ1) is 20.0. The predicted molar refractivity (Wildman–Crippen MR) is 111 cm³/mol. The topological polar surface area (TPSA) is 93.5 Å². The number of carbonyl (C=O) groups is 1. The maximum atomic E-state index is 13.5. The Balaban J connectivity index is 1.71. The summed E-state index contributed by atoms with van der Waals surface area (Å²) in [7, 11) is 3.14. The van der Waals surface area contributed by atoms with Crippen molar-refractivity contribution in [1.29, 1.82) is 0 Å². The summed E-state index contributed by atoms with van der Waals surface area (Å²) in [5.41, 5.74) is 4.05. The van der Waals surface area contributed by atoms with Gasteiger partial charge in [0.25, 0.3) is 5.91 Å². The molecule has 1 aliphatic rings. The van der Waals surface area contributed by atoms with Crippen molar-refractivity contribution in [1.82, 2.24) is 20.3 Å². The van der Waals surface area contributed by atoms with Crippen LogP contribution < -0.4 is 9.47 Å². The van der Waals surface area contributed by atoms with Gasteiger partial charge in [-0.1, -0.05) is 5.16 Å². The van der Waals surface area contributed by atoms with Crippen LogP contribution >= 0.6 is 0 Å². The smallest absolute Gasteiger partial charge is 0.258 e. The molecule has 158 valence electrons. The highest BCUT2D eigenvalue weighted by Crippen LogP contribution is 2.38. The van der Waals surface area contributed by atoms with Crippen molar-refractivity contribution >= 4 is 5.91 Å². The lowest BCUT2D eigenvalue weighted by Gasteiger charge is -2.36. The van der Waals surface area contributed by atoms with Gasteiger partial charge in [0, 0.05) is 18.2 Å². The van der Waals surface area contributed by atoms with E-state index in [1.54, 1.807) is 38.6 Å². The average molecular weight is 410 g/mol. The van der Waals surface area contributed by atoms with Gasteiger partial charge in [0.05, 0.1) is 49.0 Å². The molecule has 8 heteroatoms. The highest BCUT2D eigenvalue weighted by atomic mass is 16.5. The number of nitrogens with zero attached hydrogens (tertiary/aromatic N) is 3. The Labute approximate surface area is 175 Å². The summed E-state index contributed by atoms with van der Waals surface area (Å²) in [6.07, 6.45) is 4.56. The van der Waals surface area contributed by atoms with Crippen LogP contribution in [0.25, 0.3) is 11.3 Å². The number of nitrogens with one attached hydrogen (secondary N) is 1. The summed E-state index contributed by atoms with van der Waals surface area (Å²) >= 11 is 0. The Morgan fingerprint density at radius 1 is 1.23 bits per heavy atom. The summed E-state index contributed by atoms with van der Waals surface area (Å²) in [6, 6.07) is 5.12. The number of H-pyrrole nitrogens is 1. The van der Waals surface area contributed by atoms with E-state index >= 15 is 0 Å². The van der Waals surface area contributed by atoms with Crippen LogP contribution in [-0.2, 0) is 0 Å². The van der Waals surface area contributed by atoms with E-state index in [-0.39, 0.29) is 11.9 Å². The second kappa shape index (κ2) is 8.22. The Morgan fingerprint density at radius 3 is 2.77 bits per heavy atom. The minimum absolute atomic E-state index is 0.0785. The Morgan fingerprint density at radius 2 is 2.07 bits per heavy atom. The molecule has 2 aromatic heterocycles. The molecule has 0 saturated carbocycles. The zero-order chi connectivity index (χ0) is 21.3. The number of aryl methyl sites for hydroxylation is 1. The quantitative estimate of drug-likeness (QED) is 0.682. The number of benzene rings is 1. The number of aromatic nitrogens is 3. The van der Waals surface area contributed by atoms with Gasteiger partial charge in [-0.05, 0) is 45.2 Å². The molecule has 0 unspecified atom stereocenters. The van der Waals surface area contributed by atoms with Gasteiger partial charge in [-0.3, -0.25) is 9.89 Å². The first-order chi connectivity index (χ1) is 14.5.